The van der Waals surface area contributed by atoms with Crippen LogP contribution >= 0.6 is 0 Å². The number of benzene rings is 1. The van der Waals surface area contributed by atoms with Gasteiger partial charge in [0.15, 0.2) is 6.17 Å². The van der Waals surface area contributed by atoms with Crippen LogP contribution in [0.3, 0.4) is 0 Å². The van der Waals surface area contributed by atoms with Gasteiger partial charge in [0.05, 0.1) is 5.69 Å². The number of halogens is 1. The Balaban J connectivity index is 0.000000261. The quantitative estimate of drug-likeness (QED) is 0.848. The molecule has 1 atom stereocenters. The minimum Gasteiger partial charge on any atom is -0.478 e. The normalized spacial score (nSPS) is 11.3. The lowest BCUT2D eigenvalue weighted by atomic mass is 10.1. The van der Waals surface area contributed by atoms with Crippen LogP contribution in [0.5, 0.6) is 0 Å². The van der Waals surface area contributed by atoms with Gasteiger partial charge in [0.25, 0.3) is 0 Å². The van der Waals surface area contributed by atoms with Crippen molar-refractivity contribution >= 4 is 11.9 Å². The third kappa shape index (κ3) is 6.42. The summed E-state index contributed by atoms with van der Waals surface area (Å²) in [6.45, 7) is 0. The number of pyridine rings is 1. The van der Waals surface area contributed by atoms with Gasteiger partial charge < -0.3 is 10.2 Å². The summed E-state index contributed by atoms with van der Waals surface area (Å²) in [6.07, 6.45) is 1.59. The number of nitrogens with zero attached hydrogens (tertiary/aromatic N) is 1. The molecule has 0 bridgehead atoms. The van der Waals surface area contributed by atoms with Gasteiger partial charge in [-0.25, -0.2) is 14.0 Å². The monoisotopic (exact) mass is 303 g/mol. The topological polar surface area (TPSA) is 87.5 Å². The summed E-state index contributed by atoms with van der Waals surface area (Å²) in [5.41, 5.74) is 1.10. The van der Waals surface area contributed by atoms with Crippen molar-refractivity contribution in [1.29, 1.82) is 0 Å². The number of aromatic nitrogens is 1. The zero-order valence-electron chi connectivity index (χ0n) is 11.5. The Kier molecular flexibility index (Phi) is 6.98. The Morgan fingerprint density at radius 2 is 1.50 bits per heavy atom. The van der Waals surface area contributed by atoms with Crippen LogP contribution in [0.15, 0.2) is 66.9 Å². The van der Waals surface area contributed by atoms with Gasteiger partial charge in [0, 0.05) is 18.3 Å². The van der Waals surface area contributed by atoms with Gasteiger partial charge in [-0.1, -0.05) is 36.4 Å². The number of alkyl halides is 1. The molecule has 0 fully saturated rings. The minimum atomic E-state index is -1.26. The van der Waals surface area contributed by atoms with Gasteiger partial charge in [-0.15, -0.1) is 0 Å². The van der Waals surface area contributed by atoms with Crippen LogP contribution in [-0.2, 0) is 9.59 Å². The highest BCUT2D eigenvalue weighted by Crippen LogP contribution is 2.23. The van der Waals surface area contributed by atoms with E-state index in [-0.39, 0.29) is 0 Å². The Labute approximate surface area is 126 Å². The lowest BCUT2D eigenvalue weighted by Crippen LogP contribution is -1.96. The molecule has 1 unspecified atom stereocenters. The third-order valence-corrected chi connectivity index (χ3v) is 2.41. The highest BCUT2D eigenvalue weighted by molar-refractivity contribution is 5.89. The van der Waals surface area contributed by atoms with Crippen LogP contribution in [0.4, 0.5) is 4.39 Å². The maximum absolute atomic E-state index is 13.8. The predicted octanol–water partition coefficient (Wildman–Crippen LogP) is 2.85. The first-order valence-electron chi connectivity index (χ1n) is 6.24. The zero-order valence-corrected chi connectivity index (χ0v) is 11.5. The molecule has 2 rings (SSSR count). The van der Waals surface area contributed by atoms with Crippen molar-refractivity contribution in [3.05, 3.63) is 78.1 Å². The molecular formula is C16H14FNO4. The van der Waals surface area contributed by atoms with Crippen molar-refractivity contribution in [2.45, 2.75) is 6.17 Å². The average molecular weight is 303 g/mol. The SMILES string of the molecule is FC(c1ccccc1)c1ccccn1.O=C(O)/C=C\C(=O)O. The number of rotatable bonds is 4. The highest BCUT2D eigenvalue weighted by atomic mass is 19.1. The molecule has 0 saturated heterocycles. The van der Waals surface area contributed by atoms with E-state index in [1.165, 1.54) is 0 Å². The first-order chi connectivity index (χ1) is 10.5. The van der Waals surface area contributed by atoms with E-state index >= 15 is 0 Å². The zero-order chi connectivity index (χ0) is 16.4. The van der Waals surface area contributed by atoms with E-state index in [4.69, 9.17) is 10.2 Å². The largest absolute Gasteiger partial charge is 0.478 e. The summed E-state index contributed by atoms with van der Waals surface area (Å²) in [4.78, 5) is 23.1. The fourth-order valence-corrected chi connectivity index (χ4v) is 1.46. The fourth-order valence-electron chi connectivity index (χ4n) is 1.46. The molecule has 0 radical (unpaired) electrons. The molecule has 6 heteroatoms. The van der Waals surface area contributed by atoms with E-state index in [2.05, 4.69) is 4.98 Å². The highest BCUT2D eigenvalue weighted by Gasteiger charge is 2.12. The van der Waals surface area contributed by atoms with Gasteiger partial charge in [0.1, 0.15) is 0 Å². The van der Waals surface area contributed by atoms with Gasteiger partial charge in [0.2, 0.25) is 0 Å². The Hall–Kier alpha value is -3.02. The fraction of sp³-hybridized carbons (Fsp3) is 0.0625. The van der Waals surface area contributed by atoms with Crippen molar-refractivity contribution in [2.24, 2.45) is 0 Å². The average Bonchev–Trinajstić information content (AvgIpc) is 2.54. The molecule has 1 aromatic heterocycles. The summed E-state index contributed by atoms with van der Waals surface area (Å²) < 4.78 is 13.8. The minimum absolute atomic E-state index is 0.457. The second-order valence-corrected chi connectivity index (χ2v) is 4.04. The first-order valence-corrected chi connectivity index (χ1v) is 6.24. The van der Waals surface area contributed by atoms with Crippen molar-refractivity contribution in [3.63, 3.8) is 0 Å². The first kappa shape index (κ1) is 17.0. The second-order valence-electron chi connectivity index (χ2n) is 4.04. The molecule has 0 spiro atoms. The number of carboxylic acid groups (broad SMARTS) is 2. The van der Waals surface area contributed by atoms with E-state index in [0.29, 0.717) is 23.4 Å². The summed E-state index contributed by atoms with van der Waals surface area (Å²) in [5, 5.41) is 15.6. The predicted molar refractivity (Wildman–Crippen MR) is 78.0 cm³/mol. The van der Waals surface area contributed by atoms with Crippen LogP contribution in [0.2, 0.25) is 0 Å². The lowest BCUT2D eigenvalue weighted by Gasteiger charge is -2.06. The summed E-state index contributed by atoms with van der Waals surface area (Å²) in [7, 11) is 0. The number of carboxylic acids is 2. The van der Waals surface area contributed by atoms with E-state index < -0.39 is 18.1 Å². The Bertz CT molecular complexity index is 574. The summed E-state index contributed by atoms with van der Waals surface area (Å²) >= 11 is 0. The van der Waals surface area contributed by atoms with Crippen LogP contribution in [-0.4, -0.2) is 27.1 Å². The number of hydrogen-bond donors (Lipinski definition) is 2. The number of hydrogen-bond acceptors (Lipinski definition) is 3. The molecule has 22 heavy (non-hydrogen) atoms. The van der Waals surface area contributed by atoms with Gasteiger partial charge in [-0.05, 0) is 17.7 Å². The van der Waals surface area contributed by atoms with Crippen LogP contribution < -0.4 is 0 Å². The molecule has 0 amide bonds. The molecule has 2 N–H and O–H groups in total. The Morgan fingerprint density at radius 1 is 0.955 bits per heavy atom. The molecule has 0 aliphatic rings. The molecular weight excluding hydrogens is 289 g/mol. The van der Waals surface area contributed by atoms with Crippen molar-refractivity contribution in [3.8, 4) is 0 Å². The third-order valence-electron chi connectivity index (χ3n) is 2.41. The maximum atomic E-state index is 13.8. The molecule has 2 aromatic rings. The van der Waals surface area contributed by atoms with Gasteiger partial charge in [-0.2, -0.15) is 0 Å². The maximum Gasteiger partial charge on any atom is 0.328 e. The van der Waals surface area contributed by atoms with E-state index in [1.807, 2.05) is 18.2 Å². The smallest absolute Gasteiger partial charge is 0.328 e. The van der Waals surface area contributed by atoms with Crippen LogP contribution in [0.25, 0.3) is 0 Å². The van der Waals surface area contributed by atoms with Crippen molar-refractivity contribution in [1.82, 2.24) is 4.98 Å². The molecule has 0 saturated carbocycles. The van der Waals surface area contributed by atoms with Gasteiger partial charge >= 0.3 is 11.9 Å². The Morgan fingerprint density at radius 3 is 1.95 bits per heavy atom. The molecule has 114 valence electrons. The van der Waals surface area contributed by atoms with E-state index in [1.54, 1.807) is 36.5 Å². The summed E-state index contributed by atoms with van der Waals surface area (Å²) in [6, 6.07) is 14.3. The molecule has 5 nitrogen and oxygen atoms in total. The summed E-state index contributed by atoms with van der Waals surface area (Å²) in [5.74, 6) is -2.51. The van der Waals surface area contributed by atoms with Crippen LogP contribution in [0.1, 0.15) is 17.4 Å². The number of aliphatic carboxylic acids is 2. The molecule has 0 aliphatic heterocycles. The molecule has 1 aromatic carbocycles. The second kappa shape index (κ2) is 9.02. The van der Waals surface area contributed by atoms with E-state index in [0.717, 1.165) is 0 Å². The van der Waals surface area contributed by atoms with Gasteiger partial charge in [-0.3, -0.25) is 4.98 Å². The van der Waals surface area contributed by atoms with Crippen molar-refractivity contribution in [2.75, 3.05) is 0 Å². The van der Waals surface area contributed by atoms with Crippen molar-refractivity contribution < 1.29 is 24.2 Å². The standard InChI is InChI=1S/C12H10FN.C4H4O4/c13-12(10-6-2-1-3-7-10)11-8-4-5-9-14-11;5-3(6)1-2-4(7)8/h1-9,12H;1-2H,(H,5,6)(H,7,8)/b;2-1-. The lowest BCUT2D eigenvalue weighted by molar-refractivity contribution is -0.134. The molecule has 1 heterocycles. The van der Waals surface area contributed by atoms with Crippen LogP contribution in [0, 0.1) is 0 Å². The number of carbonyl (C=O) groups is 2. The molecule has 0 aliphatic carbocycles. The van der Waals surface area contributed by atoms with E-state index in [9.17, 15) is 14.0 Å².